The molecule has 0 atom stereocenters. The number of hydrogen-bond acceptors (Lipinski definition) is 12. The normalized spacial score (nSPS) is 15.0. The highest BCUT2D eigenvalue weighted by Crippen LogP contribution is 2.67. The molecule has 4 heterocycles. The van der Waals surface area contributed by atoms with E-state index in [1.807, 2.05) is 24.3 Å². The largest absolute Gasteiger partial charge is 0.495 e. The maximum Gasteiger partial charge on any atom is 0.194 e. The zero-order chi connectivity index (χ0) is 63.5. The summed E-state index contributed by atoms with van der Waals surface area (Å²) in [7, 11) is 3.33. The van der Waals surface area contributed by atoms with Crippen LogP contribution in [0.25, 0.3) is 63.7 Å². The van der Waals surface area contributed by atoms with Crippen LogP contribution in [0.3, 0.4) is 0 Å². The average Bonchev–Trinajstić information content (AvgIpc) is 1.49. The summed E-state index contributed by atoms with van der Waals surface area (Å²) in [5, 5.41) is 40.7. The number of ether oxygens (including phenoxy) is 2. The van der Waals surface area contributed by atoms with Crippen LogP contribution in [0, 0.1) is 73.0 Å². The van der Waals surface area contributed by atoms with Gasteiger partial charge in [0.1, 0.15) is 46.9 Å². The summed E-state index contributed by atoms with van der Waals surface area (Å²) in [5.41, 5.74) is 17.2. The molecule has 438 valence electrons. The van der Waals surface area contributed by atoms with Crippen LogP contribution in [-0.4, -0.2) is 25.8 Å². The minimum absolute atomic E-state index is 0.121. The van der Waals surface area contributed by atoms with E-state index in [2.05, 4.69) is 173 Å². The molecule has 0 unspecified atom stereocenters. The first-order chi connectivity index (χ1) is 44.8. The molecule has 15 rings (SSSR count). The van der Waals surface area contributed by atoms with Crippen molar-refractivity contribution in [3.8, 4) is 76.2 Å². The van der Waals surface area contributed by atoms with Gasteiger partial charge in [-0.15, -0.1) is 45.3 Å². The number of aryl methyl sites for hydroxylation is 4. The Hall–Kier alpha value is -10.8. The summed E-state index contributed by atoms with van der Waals surface area (Å²) in [6, 6.07) is 71.8. The van der Waals surface area contributed by atoms with Crippen LogP contribution in [0.2, 0.25) is 0 Å². The van der Waals surface area contributed by atoms with Gasteiger partial charge in [-0.3, -0.25) is 9.59 Å². The van der Waals surface area contributed by atoms with E-state index in [1.165, 1.54) is 22.7 Å². The third-order valence-electron chi connectivity index (χ3n) is 18.4. The predicted octanol–water partition coefficient (Wildman–Crippen LogP) is 19.4. The fourth-order valence-corrected chi connectivity index (χ4v) is 19.0. The minimum Gasteiger partial charge on any atom is -0.495 e. The first-order valence-corrected chi connectivity index (χ1v) is 33.0. The Kier molecular flexibility index (Phi) is 13.8. The highest BCUT2D eigenvalue weighted by atomic mass is 32.1. The maximum absolute atomic E-state index is 14.2. The SMILES string of the molecule is COc1cc(/C=C2\C(=O)c3ccccc3C2=C(C#N)C#N)sc1-c1cc2c(s1)-c1cc3c(cc1C2(c1ccc(C)cc1)c1ccc(C)cc1)-c1sc(-c2sc(/C=C4\C(=O)c5ccccc5C4=C(C#N)C#N)cc2OC)cc1C3(c1ccc(C)cc1)c1ccc(C)cc1. The van der Waals surface area contributed by atoms with Crippen LogP contribution >= 0.6 is 45.3 Å². The number of rotatable bonds is 10. The third kappa shape index (κ3) is 8.46. The molecule has 7 aromatic carbocycles. The van der Waals surface area contributed by atoms with E-state index in [0.717, 1.165) is 117 Å². The Labute approximate surface area is 548 Å². The number of methoxy groups -OCH3 is 2. The first kappa shape index (κ1) is 57.6. The molecule has 0 saturated heterocycles. The molecule has 0 fully saturated rings. The Morgan fingerprint density at radius 3 is 1.00 bits per heavy atom. The second-order valence-electron chi connectivity index (χ2n) is 23.5. The summed E-state index contributed by atoms with van der Waals surface area (Å²) in [6.45, 7) is 8.48. The maximum atomic E-state index is 14.2. The van der Waals surface area contributed by atoms with E-state index in [4.69, 9.17) is 9.47 Å². The monoisotopic (exact) mass is 1260 g/mol. The van der Waals surface area contributed by atoms with Crippen molar-refractivity contribution < 1.29 is 19.1 Å². The topological polar surface area (TPSA) is 148 Å². The van der Waals surface area contributed by atoms with Crippen LogP contribution in [0.15, 0.2) is 204 Å². The lowest BCUT2D eigenvalue weighted by Gasteiger charge is -2.35. The van der Waals surface area contributed by atoms with Crippen LogP contribution in [0.5, 0.6) is 11.5 Å². The van der Waals surface area contributed by atoms with Gasteiger partial charge in [0.15, 0.2) is 11.6 Å². The quantitative estimate of drug-likeness (QED) is 0.0971. The number of hydrogen-bond donors (Lipinski definition) is 0. The zero-order valence-corrected chi connectivity index (χ0v) is 53.8. The summed E-state index contributed by atoms with van der Waals surface area (Å²) in [6.07, 6.45) is 3.59. The number of thiophene rings is 4. The third-order valence-corrected chi connectivity index (χ3v) is 23.2. The molecule has 4 aliphatic carbocycles. The number of nitrogens with zero attached hydrogens (tertiary/aromatic N) is 4. The van der Waals surface area contributed by atoms with Crippen molar-refractivity contribution in [2.75, 3.05) is 14.2 Å². The van der Waals surface area contributed by atoms with Gasteiger partial charge in [0.2, 0.25) is 0 Å². The zero-order valence-electron chi connectivity index (χ0n) is 50.5. The number of Topliss-reactive ketones (excluding diaryl/α,β-unsaturated/α-hetero) is 2. The van der Waals surface area contributed by atoms with E-state index in [1.54, 1.807) is 85.4 Å². The molecule has 8 nitrogen and oxygen atoms in total. The average molecular weight is 1260 g/mol. The van der Waals surface area contributed by atoms with Crippen molar-refractivity contribution in [2.24, 2.45) is 0 Å². The lowest BCUT2D eigenvalue weighted by atomic mass is 9.65. The van der Waals surface area contributed by atoms with Gasteiger partial charge in [-0.1, -0.05) is 168 Å². The van der Waals surface area contributed by atoms with Crippen molar-refractivity contribution in [3.63, 3.8) is 0 Å². The van der Waals surface area contributed by atoms with Crippen molar-refractivity contribution in [3.05, 3.63) is 303 Å². The van der Waals surface area contributed by atoms with Gasteiger partial charge < -0.3 is 9.47 Å². The molecule has 11 aromatic rings. The number of fused-ring (bicyclic) bond motifs is 8. The number of allylic oxidation sites excluding steroid dienone is 6. The van der Waals surface area contributed by atoms with Gasteiger partial charge in [0.25, 0.3) is 0 Å². The highest BCUT2D eigenvalue weighted by molar-refractivity contribution is 7.25. The number of carbonyl (C=O) groups is 2. The summed E-state index contributed by atoms with van der Waals surface area (Å²) in [4.78, 5) is 35.9. The van der Waals surface area contributed by atoms with Crippen LogP contribution in [0.1, 0.15) is 108 Å². The van der Waals surface area contributed by atoms with E-state index >= 15 is 0 Å². The second-order valence-corrected chi connectivity index (χ2v) is 27.8. The molecular formula is C80H50N4O4S4. The van der Waals surface area contributed by atoms with E-state index < -0.39 is 10.8 Å². The molecule has 0 saturated carbocycles. The smallest absolute Gasteiger partial charge is 0.194 e. The highest BCUT2D eigenvalue weighted by Gasteiger charge is 2.53. The first-order valence-electron chi connectivity index (χ1n) is 29.7. The number of carbonyl (C=O) groups excluding carboxylic acids is 2. The van der Waals surface area contributed by atoms with Gasteiger partial charge in [0.05, 0.1) is 34.8 Å². The minimum atomic E-state index is -0.835. The van der Waals surface area contributed by atoms with Crippen LogP contribution < -0.4 is 9.47 Å². The molecule has 0 amide bonds. The number of ketones is 2. The van der Waals surface area contributed by atoms with Gasteiger partial charge >= 0.3 is 0 Å². The fraction of sp³-hybridized carbons (Fsp3) is 0.100. The summed E-state index contributed by atoms with van der Waals surface area (Å²) >= 11 is 6.47. The Balaban J connectivity index is 0.980. The van der Waals surface area contributed by atoms with E-state index in [-0.39, 0.29) is 22.7 Å². The van der Waals surface area contributed by atoms with Crippen LogP contribution in [0.4, 0.5) is 0 Å². The summed E-state index contributed by atoms with van der Waals surface area (Å²) in [5.74, 6) is 0.783. The lowest BCUT2D eigenvalue weighted by molar-refractivity contribution is 0.103. The summed E-state index contributed by atoms with van der Waals surface area (Å²) < 4.78 is 12.5. The van der Waals surface area contributed by atoms with E-state index in [9.17, 15) is 30.6 Å². The van der Waals surface area contributed by atoms with Gasteiger partial charge in [-0.25, -0.2) is 0 Å². The van der Waals surface area contributed by atoms with Crippen molar-refractivity contribution in [1.82, 2.24) is 0 Å². The van der Waals surface area contributed by atoms with Gasteiger partial charge in [-0.2, -0.15) is 21.0 Å². The molecule has 0 spiro atoms. The Morgan fingerprint density at radius 2 is 0.696 bits per heavy atom. The van der Waals surface area contributed by atoms with Crippen molar-refractivity contribution >= 4 is 80.2 Å². The van der Waals surface area contributed by atoms with Crippen LogP contribution in [-0.2, 0) is 10.8 Å². The van der Waals surface area contributed by atoms with Crippen molar-refractivity contribution in [1.29, 1.82) is 21.0 Å². The molecule has 92 heavy (non-hydrogen) atoms. The van der Waals surface area contributed by atoms with Crippen molar-refractivity contribution in [2.45, 2.75) is 38.5 Å². The molecule has 4 aromatic heterocycles. The molecule has 0 N–H and O–H groups in total. The number of benzene rings is 7. The molecule has 0 radical (unpaired) electrons. The molecule has 12 heteroatoms. The standard InChI is InChI=1S/C80H50N4O4S4/c1-43-15-23-49(24-16-43)79(50-25-17-44(2)18-26-50)63-35-60-64(36-59(63)75-65(79)37-69(91-75)77-67(87-5)33-53(89-77)31-61-71(47(39-81)40-82)55-11-7-9-13-57(55)73(61)85)80(51-27-19-45(3)20-28-51,52-29-21-46(4)22-30-52)66-38-70(92-76(60)66)78-68(88-6)34-54(90-78)32-62-72(48(41-83)42-84)56-12-8-10-14-58(56)74(62)86/h7-38H,1-6H3/b61-31-,62-32-. The number of nitriles is 4. The second kappa shape index (κ2) is 22.0. The molecule has 0 aliphatic heterocycles. The molecule has 0 bridgehead atoms. The predicted molar refractivity (Wildman–Crippen MR) is 369 cm³/mol. The Bertz CT molecular complexity index is 4900. The van der Waals surface area contributed by atoms with E-state index in [0.29, 0.717) is 56.0 Å². The molecule has 4 aliphatic rings. The Morgan fingerprint density at radius 1 is 0.380 bits per heavy atom. The fourth-order valence-electron chi connectivity index (χ4n) is 14.2. The van der Waals surface area contributed by atoms with Gasteiger partial charge in [0, 0.05) is 62.7 Å². The molecular weight excluding hydrogens is 1210 g/mol. The van der Waals surface area contributed by atoms with Gasteiger partial charge in [-0.05, 0) is 143 Å². The lowest BCUT2D eigenvalue weighted by Crippen LogP contribution is -2.30.